The Balaban J connectivity index is 1.32. The average Bonchev–Trinajstić information content (AvgIpc) is 3.30. The monoisotopic (exact) mass is 461 g/mol. The Morgan fingerprint density at radius 2 is 1.70 bits per heavy atom. The van der Waals surface area contributed by atoms with Crippen molar-refractivity contribution in [3.63, 3.8) is 0 Å². The van der Waals surface area contributed by atoms with Gasteiger partial charge in [0.15, 0.2) is 5.75 Å². The molecule has 1 fully saturated rings. The molecule has 0 saturated carbocycles. The molecule has 0 bridgehead atoms. The highest BCUT2D eigenvalue weighted by Crippen LogP contribution is 2.41. The van der Waals surface area contributed by atoms with Gasteiger partial charge in [-0.15, -0.1) is 0 Å². The van der Waals surface area contributed by atoms with Crippen LogP contribution in [0.3, 0.4) is 0 Å². The number of para-hydroxylation sites is 3. The predicted octanol–water partition coefficient (Wildman–Crippen LogP) is 4.46. The van der Waals surface area contributed by atoms with E-state index < -0.39 is 29.9 Å². The number of ether oxygens (including phenoxy) is 1. The van der Waals surface area contributed by atoms with E-state index in [1.165, 1.54) is 0 Å². The first-order valence-corrected chi connectivity index (χ1v) is 10.9. The van der Waals surface area contributed by atoms with Crippen LogP contribution in [0.15, 0.2) is 72.8 Å². The second-order valence-electron chi connectivity index (χ2n) is 7.96. The molecule has 1 unspecified atom stereocenters. The summed E-state index contributed by atoms with van der Waals surface area (Å²) >= 11 is 6.17. The Labute approximate surface area is 195 Å². The Hall–Kier alpha value is -3.84. The van der Waals surface area contributed by atoms with Crippen molar-refractivity contribution in [3.8, 4) is 11.5 Å². The maximum atomic E-state index is 13.3. The van der Waals surface area contributed by atoms with Crippen LogP contribution in [0.25, 0.3) is 0 Å². The van der Waals surface area contributed by atoms with E-state index in [2.05, 4.69) is 10.6 Å². The number of aryl methyl sites for hydroxylation is 1. The maximum Gasteiger partial charge on any atom is 0.325 e. The van der Waals surface area contributed by atoms with Gasteiger partial charge in [-0.05, 0) is 48.2 Å². The third-order valence-corrected chi connectivity index (χ3v) is 6.25. The number of benzene rings is 3. The van der Waals surface area contributed by atoms with Gasteiger partial charge < -0.3 is 15.4 Å². The van der Waals surface area contributed by atoms with E-state index in [0.29, 0.717) is 35.1 Å². The molecule has 2 aliphatic rings. The van der Waals surface area contributed by atoms with Gasteiger partial charge in [0.1, 0.15) is 17.8 Å². The van der Waals surface area contributed by atoms with E-state index in [9.17, 15) is 14.4 Å². The van der Waals surface area contributed by atoms with Crippen molar-refractivity contribution in [2.75, 3.05) is 11.9 Å². The number of halogens is 1. The number of hydrogen-bond acceptors (Lipinski definition) is 4. The van der Waals surface area contributed by atoms with Gasteiger partial charge in [-0.2, -0.15) is 0 Å². The van der Waals surface area contributed by atoms with Crippen molar-refractivity contribution in [2.24, 2.45) is 0 Å². The zero-order chi connectivity index (χ0) is 23.0. The second-order valence-corrected chi connectivity index (χ2v) is 8.37. The molecular formula is C25H20ClN3O4. The molecule has 3 aromatic rings. The van der Waals surface area contributed by atoms with Crippen LogP contribution in [-0.2, 0) is 21.5 Å². The number of rotatable bonds is 5. The molecule has 1 aliphatic carbocycles. The van der Waals surface area contributed by atoms with Crippen molar-refractivity contribution in [1.82, 2.24) is 10.2 Å². The molecule has 1 spiro atoms. The van der Waals surface area contributed by atoms with Gasteiger partial charge in [-0.1, -0.05) is 60.1 Å². The number of hydrogen-bond donors (Lipinski definition) is 2. The molecule has 7 nitrogen and oxygen atoms in total. The fraction of sp³-hybridized carbons (Fsp3) is 0.160. The summed E-state index contributed by atoms with van der Waals surface area (Å²) in [6.45, 7) is -0.408. The summed E-state index contributed by atoms with van der Waals surface area (Å²) in [6.07, 6.45) is 1.17. The maximum absolute atomic E-state index is 13.3. The molecule has 3 aromatic carbocycles. The molecule has 8 heteroatoms. The topological polar surface area (TPSA) is 87.7 Å². The summed E-state index contributed by atoms with van der Waals surface area (Å²) in [7, 11) is 0. The minimum Gasteiger partial charge on any atom is -0.454 e. The summed E-state index contributed by atoms with van der Waals surface area (Å²) in [4.78, 5) is 39.7. The minimum atomic E-state index is -1.10. The predicted molar refractivity (Wildman–Crippen MR) is 123 cm³/mol. The average molecular weight is 462 g/mol. The van der Waals surface area contributed by atoms with E-state index in [1.807, 2.05) is 24.3 Å². The van der Waals surface area contributed by atoms with E-state index >= 15 is 0 Å². The zero-order valence-electron chi connectivity index (χ0n) is 17.5. The lowest BCUT2D eigenvalue weighted by Crippen LogP contribution is -2.43. The highest BCUT2D eigenvalue weighted by atomic mass is 35.5. The van der Waals surface area contributed by atoms with E-state index in [4.69, 9.17) is 16.3 Å². The van der Waals surface area contributed by atoms with Crippen LogP contribution in [0.1, 0.15) is 17.5 Å². The largest absolute Gasteiger partial charge is 0.454 e. The van der Waals surface area contributed by atoms with Crippen LogP contribution in [0.4, 0.5) is 10.5 Å². The molecule has 4 amide bonds. The van der Waals surface area contributed by atoms with Crippen molar-refractivity contribution < 1.29 is 19.1 Å². The lowest BCUT2D eigenvalue weighted by atomic mass is 9.92. The molecule has 1 aliphatic heterocycles. The van der Waals surface area contributed by atoms with Crippen LogP contribution in [0.2, 0.25) is 5.02 Å². The Bertz CT molecular complexity index is 1280. The first-order valence-electron chi connectivity index (χ1n) is 10.5. The van der Waals surface area contributed by atoms with Crippen LogP contribution in [0, 0.1) is 0 Å². The molecule has 0 aromatic heterocycles. The number of fused-ring (bicyclic) bond motifs is 2. The minimum absolute atomic E-state index is 0.386. The van der Waals surface area contributed by atoms with Crippen molar-refractivity contribution >= 4 is 35.1 Å². The summed E-state index contributed by atoms with van der Waals surface area (Å²) in [5, 5.41) is 5.99. The number of nitrogens with zero attached hydrogens (tertiary/aromatic N) is 1. The van der Waals surface area contributed by atoms with Gasteiger partial charge in [0, 0.05) is 0 Å². The Kier molecular flexibility index (Phi) is 5.26. The fourth-order valence-corrected chi connectivity index (χ4v) is 4.55. The van der Waals surface area contributed by atoms with Crippen molar-refractivity contribution in [2.45, 2.75) is 18.4 Å². The highest BCUT2D eigenvalue weighted by Gasteiger charge is 2.55. The first kappa shape index (κ1) is 21.0. The Morgan fingerprint density at radius 1 is 1.00 bits per heavy atom. The van der Waals surface area contributed by atoms with Crippen LogP contribution < -0.4 is 15.4 Å². The normalized spacial score (nSPS) is 18.9. The van der Waals surface area contributed by atoms with Crippen molar-refractivity contribution in [1.29, 1.82) is 0 Å². The van der Waals surface area contributed by atoms with Gasteiger partial charge in [-0.3, -0.25) is 14.5 Å². The van der Waals surface area contributed by atoms with Gasteiger partial charge in [0.25, 0.3) is 5.91 Å². The fourth-order valence-electron chi connectivity index (χ4n) is 4.37. The quantitative estimate of drug-likeness (QED) is 0.549. The molecule has 166 valence electrons. The molecular weight excluding hydrogens is 442 g/mol. The van der Waals surface area contributed by atoms with Gasteiger partial charge in [0.05, 0.1) is 10.7 Å². The molecule has 2 N–H and O–H groups in total. The molecule has 5 rings (SSSR count). The van der Waals surface area contributed by atoms with Gasteiger partial charge in [-0.25, -0.2) is 4.79 Å². The van der Waals surface area contributed by atoms with E-state index in [1.54, 1.807) is 48.5 Å². The SMILES string of the molecule is O=C(CN1C(=O)NC2(CCc3ccccc32)C1=O)Nc1ccccc1Oc1ccccc1Cl. The summed E-state index contributed by atoms with van der Waals surface area (Å²) in [5.41, 5.74) is 1.13. The number of imide groups is 1. The molecule has 33 heavy (non-hydrogen) atoms. The van der Waals surface area contributed by atoms with Crippen LogP contribution in [0.5, 0.6) is 11.5 Å². The number of carbonyl (C=O) groups is 3. The van der Waals surface area contributed by atoms with E-state index in [-0.39, 0.29) is 0 Å². The van der Waals surface area contributed by atoms with Crippen LogP contribution >= 0.6 is 11.6 Å². The first-order chi connectivity index (χ1) is 16.0. The smallest absolute Gasteiger partial charge is 0.325 e. The van der Waals surface area contributed by atoms with Gasteiger partial charge >= 0.3 is 6.03 Å². The standard InChI is InChI=1S/C25H20ClN3O4/c26-18-9-3-5-11-20(18)33-21-12-6-4-10-19(21)27-22(30)15-29-23(31)25(28-24(29)32)14-13-16-7-1-2-8-17(16)25/h1-12H,13-15H2,(H,27,30)(H,28,32). The number of carbonyl (C=O) groups excluding carboxylic acids is 3. The molecule has 1 saturated heterocycles. The van der Waals surface area contributed by atoms with E-state index in [0.717, 1.165) is 16.0 Å². The number of amides is 4. The van der Waals surface area contributed by atoms with Crippen molar-refractivity contribution in [3.05, 3.63) is 88.9 Å². The van der Waals surface area contributed by atoms with Crippen LogP contribution in [-0.4, -0.2) is 29.3 Å². The summed E-state index contributed by atoms with van der Waals surface area (Å²) in [5.74, 6) is -0.0978. The zero-order valence-corrected chi connectivity index (χ0v) is 18.3. The van der Waals surface area contributed by atoms with Gasteiger partial charge in [0.2, 0.25) is 5.91 Å². The number of anilines is 1. The third-order valence-electron chi connectivity index (χ3n) is 5.94. The Morgan fingerprint density at radius 3 is 2.52 bits per heavy atom. The summed E-state index contributed by atoms with van der Waals surface area (Å²) < 4.78 is 5.86. The second kappa shape index (κ2) is 8.26. The molecule has 1 heterocycles. The number of nitrogens with one attached hydrogen (secondary N) is 2. The lowest BCUT2D eigenvalue weighted by Gasteiger charge is -2.22. The lowest BCUT2D eigenvalue weighted by molar-refractivity contribution is -0.134. The third kappa shape index (κ3) is 3.70. The highest BCUT2D eigenvalue weighted by molar-refractivity contribution is 6.32. The summed E-state index contributed by atoms with van der Waals surface area (Å²) in [6, 6.07) is 20.8. The molecule has 1 atom stereocenters. The molecule has 0 radical (unpaired) electrons. The number of urea groups is 1.